The van der Waals surface area contributed by atoms with Crippen LogP contribution in [0.4, 0.5) is 0 Å². The highest BCUT2D eigenvalue weighted by atomic mass is 16.5. The highest BCUT2D eigenvalue weighted by Crippen LogP contribution is 2.18. The normalized spacial score (nSPS) is 12.8. The zero-order chi connectivity index (χ0) is 15.1. The van der Waals surface area contributed by atoms with Crippen LogP contribution in [0.15, 0.2) is 42.9 Å². The average molecular weight is 288 g/mol. The second kappa shape index (κ2) is 7.93. The molecule has 114 valence electrons. The fourth-order valence-electron chi connectivity index (χ4n) is 2.12. The molecule has 0 saturated carbocycles. The summed E-state index contributed by atoms with van der Waals surface area (Å²) in [5.74, 6) is 0. The molecule has 2 N–H and O–H groups in total. The topological polar surface area (TPSA) is 56.3 Å². The van der Waals surface area contributed by atoms with Gasteiger partial charge in [-0.25, -0.2) is 4.98 Å². The molecule has 2 aromatic rings. The second-order valence-corrected chi connectivity index (χ2v) is 5.32. The van der Waals surface area contributed by atoms with E-state index in [0.29, 0.717) is 6.61 Å². The molecule has 5 nitrogen and oxygen atoms in total. The summed E-state index contributed by atoms with van der Waals surface area (Å²) in [6.45, 7) is 3.10. The highest BCUT2D eigenvalue weighted by Gasteiger charge is 2.13. The molecule has 0 radical (unpaired) electrons. The lowest BCUT2D eigenvalue weighted by molar-refractivity contribution is 0.110. The Morgan fingerprint density at radius 1 is 1.24 bits per heavy atom. The van der Waals surface area contributed by atoms with Crippen molar-refractivity contribution in [3.8, 4) is 0 Å². The molecule has 0 amide bonds. The minimum atomic E-state index is -0.157. The monoisotopic (exact) mass is 288 g/mol. The van der Waals surface area contributed by atoms with Crippen LogP contribution < -0.4 is 5.73 Å². The quantitative estimate of drug-likeness (QED) is 0.748. The summed E-state index contributed by atoms with van der Waals surface area (Å²) in [5.41, 5.74) is 8.43. The number of hydrogen-bond acceptors (Lipinski definition) is 4. The first kappa shape index (κ1) is 15.7. The molecular formula is C16H24N4O. The third-order valence-electron chi connectivity index (χ3n) is 3.38. The zero-order valence-electron chi connectivity index (χ0n) is 12.8. The van der Waals surface area contributed by atoms with Gasteiger partial charge in [0, 0.05) is 13.1 Å². The molecule has 0 spiro atoms. The van der Waals surface area contributed by atoms with Crippen LogP contribution in [0.25, 0.3) is 0 Å². The van der Waals surface area contributed by atoms with Crippen LogP contribution in [0.5, 0.6) is 0 Å². The standard InChI is InChI=1S/C16H24N4O/c1-19(2)8-10-21-11-9-20-13-18-12-15(20)16(17)14-6-4-3-5-7-14/h3-7,12-13,16H,8-11,17H2,1-2H3. The maximum Gasteiger partial charge on any atom is 0.0949 e. The Balaban J connectivity index is 1.90. The number of likely N-dealkylation sites (N-methyl/N-ethyl adjacent to an activating group) is 1. The summed E-state index contributed by atoms with van der Waals surface area (Å²) in [6.07, 6.45) is 3.64. The molecule has 1 aromatic heterocycles. The first-order valence-electron chi connectivity index (χ1n) is 7.21. The molecule has 2 rings (SSSR count). The highest BCUT2D eigenvalue weighted by molar-refractivity contribution is 5.26. The van der Waals surface area contributed by atoms with Gasteiger partial charge in [-0.15, -0.1) is 0 Å². The number of nitrogens with two attached hydrogens (primary N) is 1. The largest absolute Gasteiger partial charge is 0.378 e. The predicted octanol–water partition coefficient (Wildman–Crippen LogP) is 1.51. The Bertz CT molecular complexity index is 524. The van der Waals surface area contributed by atoms with Crippen LogP contribution in [-0.2, 0) is 11.3 Å². The van der Waals surface area contributed by atoms with E-state index in [2.05, 4.69) is 14.5 Å². The minimum Gasteiger partial charge on any atom is -0.378 e. The van der Waals surface area contributed by atoms with Gasteiger partial charge < -0.3 is 19.9 Å². The van der Waals surface area contributed by atoms with Crippen LogP contribution >= 0.6 is 0 Å². The molecule has 21 heavy (non-hydrogen) atoms. The van der Waals surface area contributed by atoms with Crippen molar-refractivity contribution in [2.45, 2.75) is 12.6 Å². The lowest BCUT2D eigenvalue weighted by atomic mass is 10.1. The first-order valence-corrected chi connectivity index (χ1v) is 7.21. The fraction of sp³-hybridized carbons (Fsp3) is 0.438. The number of ether oxygens (including phenoxy) is 1. The van der Waals surface area contributed by atoms with Crippen LogP contribution in [0.3, 0.4) is 0 Å². The van der Waals surface area contributed by atoms with Gasteiger partial charge in [-0.1, -0.05) is 30.3 Å². The maximum atomic E-state index is 6.32. The molecule has 1 heterocycles. The second-order valence-electron chi connectivity index (χ2n) is 5.32. The molecule has 0 aliphatic rings. The van der Waals surface area contributed by atoms with Gasteiger partial charge in [0.05, 0.1) is 37.5 Å². The maximum absolute atomic E-state index is 6.32. The summed E-state index contributed by atoms with van der Waals surface area (Å²) < 4.78 is 7.69. The Hall–Kier alpha value is -1.69. The van der Waals surface area contributed by atoms with Gasteiger partial charge in [0.15, 0.2) is 0 Å². The lowest BCUT2D eigenvalue weighted by Gasteiger charge is -2.15. The molecule has 0 saturated heterocycles. The van der Waals surface area contributed by atoms with Crippen molar-refractivity contribution in [1.82, 2.24) is 14.5 Å². The van der Waals surface area contributed by atoms with E-state index >= 15 is 0 Å². The van der Waals surface area contributed by atoms with Gasteiger partial charge in [-0.05, 0) is 19.7 Å². The van der Waals surface area contributed by atoms with Crippen molar-refractivity contribution in [3.63, 3.8) is 0 Å². The Kier molecular flexibility index (Phi) is 5.92. The Labute approximate surface area is 126 Å². The smallest absolute Gasteiger partial charge is 0.0949 e. The van der Waals surface area contributed by atoms with Gasteiger partial charge in [0.25, 0.3) is 0 Å². The van der Waals surface area contributed by atoms with Crippen molar-refractivity contribution in [3.05, 3.63) is 54.1 Å². The van der Waals surface area contributed by atoms with Crippen molar-refractivity contribution < 1.29 is 4.74 Å². The molecule has 1 atom stereocenters. The van der Waals surface area contributed by atoms with E-state index in [1.54, 1.807) is 0 Å². The van der Waals surface area contributed by atoms with Gasteiger partial charge in [-0.3, -0.25) is 0 Å². The number of imidazole rings is 1. The molecule has 5 heteroatoms. The SMILES string of the molecule is CN(C)CCOCCn1cncc1C(N)c1ccccc1. The zero-order valence-corrected chi connectivity index (χ0v) is 12.8. The first-order chi connectivity index (χ1) is 10.2. The third-order valence-corrected chi connectivity index (χ3v) is 3.38. The summed E-state index contributed by atoms with van der Waals surface area (Å²) in [4.78, 5) is 6.32. The molecule has 0 aliphatic carbocycles. The van der Waals surface area contributed by atoms with Crippen molar-refractivity contribution >= 4 is 0 Å². The van der Waals surface area contributed by atoms with E-state index in [9.17, 15) is 0 Å². The van der Waals surface area contributed by atoms with E-state index in [4.69, 9.17) is 10.5 Å². The van der Waals surface area contributed by atoms with Crippen LogP contribution in [0.1, 0.15) is 17.3 Å². The summed E-state index contributed by atoms with van der Waals surface area (Å²) >= 11 is 0. The molecular weight excluding hydrogens is 264 g/mol. The number of benzene rings is 1. The van der Waals surface area contributed by atoms with Crippen molar-refractivity contribution in [1.29, 1.82) is 0 Å². The van der Waals surface area contributed by atoms with Crippen molar-refractivity contribution in [2.75, 3.05) is 33.9 Å². The number of hydrogen-bond donors (Lipinski definition) is 1. The van der Waals surface area contributed by atoms with Gasteiger partial charge in [-0.2, -0.15) is 0 Å². The summed E-state index contributed by atoms with van der Waals surface area (Å²) in [5, 5.41) is 0. The van der Waals surface area contributed by atoms with Crippen LogP contribution in [0.2, 0.25) is 0 Å². The number of nitrogens with zero attached hydrogens (tertiary/aromatic N) is 3. The summed E-state index contributed by atoms with van der Waals surface area (Å²) in [7, 11) is 4.08. The van der Waals surface area contributed by atoms with Gasteiger partial charge in [0.2, 0.25) is 0 Å². The van der Waals surface area contributed by atoms with E-state index < -0.39 is 0 Å². The molecule has 1 unspecified atom stereocenters. The van der Waals surface area contributed by atoms with Crippen molar-refractivity contribution in [2.24, 2.45) is 5.73 Å². The summed E-state index contributed by atoms with van der Waals surface area (Å²) in [6, 6.07) is 9.91. The number of rotatable bonds is 8. The Morgan fingerprint density at radius 2 is 2.00 bits per heavy atom. The Morgan fingerprint density at radius 3 is 2.71 bits per heavy atom. The van der Waals surface area contributed by atoms with Crippen LogP contribution in [-0.4, -0.2) is 48.3 Å². The van der Waals surface area contributed by atoms with E-state index in [-0.39, 0.29) is 6.04 Å². The minimum absolute atomic E-state index is 0.157. The molecule has 0 fully saturated rings. The molecule has 0 bridgehead atoms. The van der Waals surface area contributed by atoms with Crippen LogP contribution in [0, 0.1) is 0 Å². The van der Waals surface area contributed by atoms with E-state index in [0.717, 1.165) is 31.0 Å². The third kappa shape index (κ3) is 4.67. The number of aromatic nitrogens is 2. The fourth-order valence-corrected chi connectivity index (χ4v) is 2.12. The molecule has 0 aliphatic heterocycles. The predicted molar refractivity (Wildman–Crippen MR) is 84.1 cm³/mol. The average Bonchev–Trinajstić information content (AvgIpc) is 2.95. The van der Waals surface area contributed by atoms with Gasteiger partial charge >= 0.3 is 0 Å². The molecule has 1 aromatic carbocycles. The van der Waals surface area contributed by atoms with E-state index in [1.807, 2.05) is 57.0 Å². The lowest BCUT2D eigenvalue weighted by Crippen LogP contribution is -2.20. The van der Waals surface area contributed by atoms with E-state index in [1.165, 1.54) is 0 Å². The van der Waals surface area contributed by atoms with Gasteiger partial charge in [0.1, 0.15) is 0 Å².